The van der Waals surface area contributed by atoms with Crippen LogP contribution in [0.2, 0.25) is 5.28 Å². The summed E-state index contributed by atoms with van der Waals surface area (Å²) in [5, 5.41) is -0.0801. The first kappa shape index (κ1) is 18.8. The van der Waals surface area contributed by atoms with Crippen molar-refractivity contribution in [1.29, 1.82) is 0 Å². The number of nitrogens with zero attached hydrogens (tertiary/aromatic N) is 5. The van der Waals surface area contributed by atoms with Crippen LogP contribution in [-0.4, -0.2) is 39.9 Å². The fraction of sp³-hybridized carbons (Fsp3) is 0.400. The number of carbonyl (C=O) groups is 2. The van der Waals surface area contributed by atoms with Gasteiger partial charge in [-0.15, -0.1) is 0 Å². The second-order valence-electron chi connectivity index (χ2n) is 4.37. The van der Waals surface area contributed by atoms with E-state index < -0.39 is 0 Å². The van der Waals surface area contributed by atoms with Crippen LogP contribution in [0.15, 0.2) is 24.3 Å². The molecule has 0 saturated carbocycles. The number of anilines is 2. The number of allylic oxidation sites excluding steroid dienone is 2. The topological polar surface area (TPSA) is 79.3 Å². The molecule has 8 heteroatoms. The first-order chi connectivity index (χ1) is 11.0. The van der Waals surface area contributed by atoms with E-state index in [1.54, 1.807) is 39.8 Å². The second kappa shape index (κ2) is 8.99. The van der Waals surface area contributed by atoms with Gasteiger partial charge < -0.3 is 0 Å². The van der Waals surface area contributed by atoms with E-state index in [1.165, 1.54) is 22.0 Å². The number of aromatic nitrogens is 3. The Balaban J connectivity index is 3.30. The first-order valence-electron chi connectivity index (χ1n) is 7.28. The summed E-state index contributed by atoms with van der Waals surface area (Å²) in [6.45, 7) is 7.79. The number of likely N-dealkylation sites (N-methyl/N-ethyl adjacent to an activating group) is 2. The van der Waals surface area contributed by atoms with Crippen LogP contribution in [0.4, 0.5) is 11.9 Å². The lowest BCUT2D eigenvalue weighted by molar-refractivity contribution is -0.114. The van der Waals surface area contributed by atoms with Crippen LogP contribution in [-0.2, 0) is 9.59 Å². The molecule has 1 rings (SSSR count). The van der Waals surface area contributed by atoms with Crippen LogP contribution in [0.25, 0.3) is 0 Å². The standard InChI is InChI=1S/C15H20ClN5O2/c1-5-9-11(22)20(7-3)14-17-13(16)18-15(19-14)21(8-4)12(23)10-6-2/h5-6,9-10H,7-8H2,1-4H3. The molecule has 1 heterocycles. The van der Waals surface area contributed by atoms with Gasteiger partial charge in [0, 0.05) is 13.1 Å². The number of hydrogen-bond donors (Lipinski definition) is 0. The van der Waals surface area contributed by atoms with Gasteiger partial charge in [0.1, 0.15) is 0 Å². The maximum absolute atomic E-state index is 12.1. The van der Waals surface area contributed by atoms with Crippen molar-refractivity contribution in [3.8, 4) is 0 Å². The molecule has 23 heavy (non-hydrogen) atoms. The van der Waals surface area contributed by atoms with Gasteiger partial charge in [-0.1, -0.05) is 12.2 Å². The zero-order chi connectivity index (χ0) is 17.4. The molecule has 2 amide bonds. The first-order valence-corrected chi connectivity index (χ1v) is 7.66. The minimum atomic E-state index is -0.272. The van der Waals surface area contributed by atoms with Crippen LogP contribution in [0.1, 0.15) is 27.7 Å². The van der Waals surface area contributed by atoms with E-state index in [2.05, 4.69) is 15.0 Å². The van der Waals surface area contributed by atoms with E-state index in [0.717, 1.165) is 0 Å². The zero-order valence-corrected chi connectivity index (χ0v) is 14.4. The quantitative estimate of drug-likeness (QED) is 0.745. The Labute approximate surface area is 140 Å². The Hall–Kier alpha value is -2.28. The number of amides is 2. The fourth-order valence-electron chi connectivity index (χ4n) is 1.83. The molecule has 1 aromatic rings. The summed E-state index contributed by atoms with van der Waals surface area (Å²) in [6, 6.07) is 0. The molecular formula is C15H20ClN5O2. The van der Waals surface area contributed by atoms with Gasteiger partial charge in [-0.2, -0.15) is 15.0 Å². The van der Waals surface area contributed by atoms with Gasteiger partial charge in [-0.05, 0) is 51.4 Å². The van der Waals surface area contributed by atoms with E-state index in [9.17, 15) is 9.59 Å². The molecule has 0 aliphatic carbocycles. The normalized spacial score (nSPS) is 11.2. The van der Waals surface area contributed by atoms with Crippen LogP contribution >= 0.6 is 11.6 Å². The van der Waals surface area contributed by atoms with Gasteiger partial charge in [-0.3, -0.25) is 19.4 Å². The number of hydrogen-bond acceptors (Lipinski definition) is 5. The molecule has 0 unspecified atom stereocenters. The third kappa shape index (κ3) is 4.85. The smallest absolute Gasteiger partial charge is 0.252 e. The van der Waals surface area contributed by atoms with E-state index in [1.807, 2.05) is 0 Å². The minimum absolute atomic E-state index is 0.0801. The van der Waals surface area contributed by atoms with Gasteiger partial charge >= 0.3 is 0 Å². The van der Waals surface area contributed by atoms with Crippen molar-refractivity contribution in [2.75, 3.05) is 22.9 Å². The van der Waals surface area contributed by atoms with Crippen LogP contribution in [0, 0.1) is 0 Å². The molecule has 0 bridgehead atoms. The maximum atomic E-state index is 12.1. The number of halogens is 1. The van der Waals surface area contributed by atoms with Crippen molar-refractivity contribution in [1.82, 2.24) is 15.0 Å². The summed E-state index contributed by atoms with van der Waals surface area (Å²) in [5.74, 6) is -0.327. The van der Waals surface area contributed by atoms with Crippen LogP contribution < -0.4 is 9.80 Å². The van der Waals surface area contributed by atoms with Gasteiger partial charge in [0.05, 0.1) is 0 Å². The van der Waals surface area contributed by atoms with Crippen molar-refractivity contribution in [2.45, 2.75) is 27.7 Å². The predicted octanol–water partition coefficient (Wildman–Crippen LogP) is 2.38. The average Bonchev–Trinajstić information content (AvgIpc) is 2.49. The van der Waals surface area contributed by atoms with E-state index >= 15 is 0 Å². The maximum Gasteiger partial charge on any atom is 0.252 e. The largest absolute Gasteiger partial charge is 0.277 e. The van der Waals surface area contributed by atoms with Gasteiger partial charge in [0.2, 0.25) is 17.2 Å². The van der Waals surface area contributed by atoms with Crippen molar-refractivity contribution >= 4 is 35.3 Å². The molecule has 1 aromatic heterocycles. The Morgan fingerprint density at radius 1 is 0.913 bits per heavy atom. The van der Waals surface area contributed by atoms with Gasteiger partial charge in [0.25, 0.3) is 11.8 Å². The molecule has 7 nitrogen and oxygen atoms in total. The van der Waals surface area contributed by atoms with E-state index in [0.29, 0.717) is 13.1 Å². The van der Waals surface area contributed by atoms with Crippen molar-refractivity contribution < 1.29 is 9.59 Å². The molecular weight excluding hydrogens is 318 g/mol. The summed E-state index contributed by atoms with van der Waals surface area (Å²) < 4.78 is 0. The lowest BCUT2D eigenvalue weighted by Gasteiger charge is -2.21. The summed E-state index contributed by atoms with van der Waals surface area (Å²) in [5.41, 5.74) is 0. The molecule has 0 atom stereocenters. The monoisotopic (exact) mass is 337 g/mol. The van der Waals surface area contributed by atoms with Gasteiger partial charge in [-0.25, -0.2) is 0 Å². The zero-order valence-electron chi connectivity index (χ0n) is 13.7. The summed E-state index contributed by atoms with van der Waals surface area (Å²) in [4.78, 5) is 39.1. The Morgan fingerprint density at radius 2 is 1.30 bits per heavy atom. The Morgan fingerprint density at radius 3 is 1.61 bits per heavy atom. The molecule has 0 aliphatic heterocycles. The molecule has 0 N–H and O–H groups in total. The fourth-order valence-corrected chi connectivity index (χ4v) is 1.98. The molecule has 0 aromatic carbocycles. The highest BCUT2D eigenvalue weighted by atomic mass is 35.5. The van der Waals surface area contributed by atoms with Crippen molar-refractivity contribution in [3.05, 3.63) is 29.6 Å². The third-order valence-electron chi connectivity index (χ3n) is 2.85. The van der Waals surface area contributed by atoms with E-state index in [-0.39, 0.29) is 29.0 Å². The average molecular weight is 338 g/mol. The van der Waals surface area contributed by atoms with Crippen LogP contribution in [0.5, 0.6) is 0 Å². The molecule has 0 saturated heterocycles. The Kier molecular flexibility index (Phi) is 7.34. The summed E-state index contributed by atoms with van der Waals surface area (Å²) >= 11 is 5.94. The second-order valence-corrected chi connectivity index (χ2v) is 4.71. The van der Waals surface area contributed by atoms with Crippen molar-refractivity contribution in [2.24, 2.45) is 0 Å². The molecule has 0 spiro atoms. The highest BCUT2D eigenvalue weighted by Gasteiger charge is 2.20. The number of rotatable bonds is 6. The molecule has 0 radical (unpaired) electrons. The minimum Gasteiger partial charge on any atom is -0.277 e. The van der Waals surface area contributed by atoms with Crippen LogP contribution in [0.3, 0.4) is 0 Å². The SMILES string of the molecule is CC=CC(=O)N(CC)c1nc(Cl)nc(N(CC)C(=O)C=CC)n1. The number of carbonyl (C=O) groups excluding carboxylic acids is 2. The van der Waals surface area contributed by atoms with Crippen molar-refractivity contribution in [3.63, 3.8) is 0 Å². The molecule has 0 aliphatic rings. The van der Waals surface area contributed by atoms with E-state index in [4.69, 9.17) is 11.6 Å². The Bertz CT molecular complexity index is 580. The highest BCUT2D eigenvalue weighted by molar-refractivity contribution is 6.28. The molecule has 124 valence electrons. The molecule has 0 fully saturated rings. The summed E-state index contributed by atoms with van der Waals surface area (Å²) in [6.07, 6.45) is 6.07. The van der Waals surface area contributed by atoms with Gasteiger partial charge in [0.15, 0.2) is 0 Å². The third-order valence-corrected chi connectivity index (χ3v) is 3.02. The lowest BCUT2D eigenvalue weighted by atomic mass is 10.4. The highest BCUT2D eigenvalue weighted by Crippen LogP contribution is 2.17. The lowest BCUT2D eigenvalue weighted by Crippen LogP contribution is -2.34. The predicted molar refractivity (Wildman–Crippen MR) is 90.5 cm³/mol. The summed E-state index contributed by atoms with van der Waals surface area (Å²) in [7, 11) is 0.